The lowest BCUT2D eigenvalue weighted by Crippen LogP contribution is -2.33. The predicted octanol–water partition coefficient (Wildman–Crippen LogP) is 5.13. The van der Waals surface area contributed by atoms with Crippen molar-refractivity contribution in [2.45, 2.75) is 65.7 Å². The second-order valence-corrected chi connectivity index (χ2v) is 7.82. The first-order valence-corrected chi connectivity index (χ1v) is 8.13. The van der Waals surface area contributed by atoms with Crippen LogP contribution in [0.2, 0.25) is 0 Å². The second-order valence-electron chi connectivity index (χ2n) is 7.82. The average Bonchev–Trinajstić information content (AvgIpc) is 2.81. The molecule has 3 aliphatic rings. The van der Waals surface area contributed by atoms with Crippen molar-refractivity contribution in [2.75, 3.05) is 0 Å². The molecule has 0 radical (unpaired) electrons. The lowest BCUT2D eigenvalue weighted by molar-refractivity contribution is 0.0786. The molecule has 0 aromatic carbocycles. The molecule has 3 rings (SSSR count). The summed E-state index contributed by atoms with van der Waals surface area (Å²) in [6, 6.07) is 0. The van der Waals surface area contributed by atoms with Gasteiger partial charge in [-0.25, -0.2) is 0 Å². The van der Waals surface area contributed by atoms with Gasteiger partial charge in [0, 0.05) is 0 Å². The van der Waals surface area contributed by atoms with E-state index in [-0.39, 0.29) is 0 Å². The molecule has 0 heteroatoms. The minimum atomic E-state index is 1.02. The largest absolute Gasteiger partial charge is 0.0622 e. The topological polar surface area (TPSA) is 0 Å². The van der Waals surface area contributed by atoms with Gasteiger partial charge in [0.1, 0.15) is 0 Å². The van der Waals surface area contributed by atoms with E-state index < -0.39 is 0 Å². The van der Waals surface area contributed by atoms with Crippen molar-refractivity contribution in [1.82, 2.24) is 0 Å². The average molecular weight is 234 g/mol. The van der Waals surface area contributed by atoms with Crippen molar-refractivity contribution in [3.05, 3.63) is 0 Å². The van der Waals surface area contributed by atoms with Crippen LogP contribution in [0.5, 0.6) is 0 Å². The second kappa shape index (κ2) is 4.59. The summed E-state index contributed by atoms with van der Waals surface area (Å²) in [5.41, 5.74) is 0. The fourth-order valence-electron chi connectivity index (χ4n) is 4.68. The minimum Gasteiger partial charge on any atom is -0.0622 e. The van der Waals surface area contributed by atoms with Gasteiger partial charge in [0.2, 0.25) is 0 Å². The molecule has 0 aromatic rings. The molecule has 0 aliphatic heterocycles. The van der Waals surface area contributed by atoms with E-state index in [1.165, 1.54) is 6.42 Å². The van der Waals surface area contributed by atoms with Crippen LogP contribution in [0.1, 0.15) is 65.7 Å². The van der Waals surface area contributed by atoms with Crippen LogP contribution >= 0.6 is 0 Å². The number of hydrogen-bond donors (Lipinski definition) is 0. The van der Waals surface area contributed by atoms with Crippen LogP contribution in [0, 0.1) is 41.4 Å². The SMILES string of the molecule is CC1CC1CC1CCC(CC2CC(C)C2C)C1. The first-order chi connectivity index (χ1) is 8.13. The van der Waals surface area contributed by atoms with Crippen LogP contribution in [-0.2, 0) is 0 Å². The van der Waals surface area contributed by atoms with Crippen molar-refractivity contribution in [3.8, 4) is 0 Å². The van der Waals surface area contributed by atoms with Crippen molar-refractivity contribution < 1.29 is 0 Å². The van der Waals surface area contributed by atoms with E-state index in [9.17, 15) is 0 Å². The standard InChI is InChI=1S/C17H30/c1-11-6-17(13(11)3)10-15-5-4-14(8-15)9-16-7-12(16)2/h11-17H,4-10H2,1-3H3. The van der Waals surface area contributed by atoms with E-state index in [0.717, 1.165) is 41.4 Å². The minimum absolute atomic E-state index is 1.02. The third-order valence-electron chi connectivity index (χ3n) is 6.51. The highest BCUT2D eigenvalue weighted by Crippen LogP contribution is 2.50. The van der Waals surface area contributed by atoms with Crippen molar-refractivity contribution in [2.24, 2.45) is 41.4 Å². The fraction of sp³-hybridized carbons (Fsp3) is 1.00. The van der Waals surface area contributed by atoms with Gasteiger partial charge in [-0.05, 0) is 73.5 Å². The van der Waals surface area contributed by atoms with E-state index in [4.69, 9.17) is 0 Å². The van der Waals surface area contributed by atoms with Gasteiger partial charge in [0.25, 0.3) is 0 Å². The summed E-state index contributed by atoms with van der Waals surface area (Å²) in [6.07, 6.45) is 10.9. The van der Waals surface area contributed by atoms with Gasteiger partial charge in [-0.3, -0.25) is 0 Å². The molecule has 0 saturated heterocycles. The third-order valence-corrected chi connectivity index (χ3v) is 6.51. The molecular formula is C17H30. The Morgan fingerprint density at radius 3 is 1.76 bits per heavy atom. The predicted molar refractivity (Wildman–Crippen MR) is 73.8 cm³/mol. The van der Waals surface area contributed by atoms with Crippen LogP contribution in [0.25, 0.3) is 0 Å². The molecule has 3 aliphatic carbocycles. The summed E-state index contributed by atoms with van der Waals surface area (Å²) in [6.45, 7) is 7.36. The van der Waals surface area contributed by atoms with Crippen molar-refractivity contribution in [1.29, 1.82) is 0 Å². The Morgan fingerprint density at radius 2 is 1.29 bits per heavy atom. The van der Waals surface area contributed by atoms with Crippen LogP contribution in [0.3, 0.4) is 0 Å². The van der Waals surface area contributed by atoms with E-state index >= 15 is 0 Å². The Kier molecular flexibility index (Phi) is 3.26. The summed E-state index contributed by atoms with van der Waals surface area (Å²) >= 11 is 0. The van der Waals surface area contributed by atoms with Crippen LogP contribution < -0.4 is 0 Å². The molecule has 0 amide bonds. The number of rotatable bonds is 4. The molecule has 7 unspecified atom stereocenters. The van der Waals surface area contributed by atoms with Crippen molar-refractivity contribution in [3.63, 3.8) is 0 Å². The van der Waals surface area contributed by atoms with E-state index in [0.29, 0.717) is 0 Å². The van der Waals surface area contributed by atoms with E-state index in [1.807, 2.05) is 0 Å². The molecule has 0 spiro atoms. The van der Waals surface area contributed by atoms with Gasteiger partial charge in [0.05, 0.1) is 0 Å². The maximum absolute atomic E-state index is 2.48. The lowest BCUT2D eigenvalue weighted by Gasteiger charge is -2.42. The Morgan fingerprint density at radius 1 is 0.706 bits per heavy atom. The maximum Gasteiger partial charge on any atom is -0.0381 e. The smallest absolute Gasteiger partial charge is 0.0381 e. The first kappa shape index (κ1) is 12.1. The lowest BCUT2D eigenvalue weighted by atomic mass is 9.63. The van der Waals surface area contributed by atoms with Crippen LogP contribution in [-0.4, -0.2) is 0 Å². The highest BCUT2D eigenvalue weighted by Gasteiger charge is 2.39. The van der Waals surface area contributed by atoms with Crippen LogP contribution in [0.4, 0.5) is 0 Å². The summed E-state index contributed by atoms with van der Waals surface area (Å²) in [7, 11) is 0. The Hall–Kier alpha value is 0. The highest BCUT2D eigenvalue weighted by molar-refractivity contribution is 4.90. The van der Waals surface area contributed by atoms with Gasteiger partial charge >= 0.3 is 0 Å². The monoisotopic (exact) mass is 234 g/mol. The summed E-state index contributed by atoms with van der Waals surface area (Å²) in [5.74, 6) is 7.55. The van der Waals surface area contributed by atoms with E-state index in [1.54, 1.807) is 38.5 Å². The molecule has 7 atom stereocenters. The van der Waals surface area contributed by atoms with Gasteiger partial charge < -0.3 is 0 Å². The molecule has 0 nitrogen and oxygen atoms in total. The van der Waals surface area contributed by atoms with Gasteiger partial charge in [-0.15, -0.1) is 0 Å². The first-order valence-electron chi connectivity index (χ1n) is 8.13. The van der Waals surface area contributed by atoms with Crippen molar-refractivity contribution >= 4 is 0 Å². The summed E-state index contributed by atoms with van der Waals surface area (Å²) < 4.78 is 0. The molecule has 98 valence electrons. The maximum atomic E-state index is 2.48. The Bertz CT molecular complexity index is 269. The zero-order valence-electron chi connectivity index (χ0n) is 12.0. The molecule has 0 heterocycles. The fourth-order valence-corrected chi connectivity index (χ4v) is 4.68. The molecule has 3 fully saturated rings. The highest BCUT2D eigenvalue weighted by atomic mass is 14.4. The van der Waals surface area contributed by atoms with Crippen LogP contribution in [0.15, 0.2) is 0 Å². The third kappa shape index (κ3) is 2.56. The molecule has 17 heavy (non-hydrogen) atoms. The quantitative estimate of drug-likeness (QED) is 0.632. The zero-order chi connectivity index (χ0) is 12.0. The molecule has 0 bridgehead atoms. The van der Waals surface area contributed by atoms with Gasteiger partial charge in [-0.1, -0.05) is 33.6 Å². The summed E-state index contributed by atoms with van der Waals surface area (Å²) in [5, 5.41) is 0. The Balaban J connectivity index is 1.39. The molecule has 3 saturated carbocycles. The summed E-state index contributed by atoms with van der Waals surface area (Å²) in [4.78, 5) is 0. The van der Waals surface area contributed by atoms with E-state index in [2.05, 4.69) is 20.8 Å². The molecule has 0 aromatic heterocycles. The van der Waals surface area contributed by atoms with Gasteiger partial charge in [-0.2, -0.15) is 0 Å². The van der Waals surface area contributed by atoms with Gasteiger partial charge in [0.15, 0.2) is 0 Å². The molecule has 0 N–H and O–H groups in total. The Labute approximate surface area is 108 Å². The normalized spacial score (nSPS) is 53.5. The zero-order valence-corrected chi connectivity index (χ0v) is 12.0. The number of hydrogen-bond acceptors (Lipinski definition) is 0. The molecular weight excluding hydrogens is 204 g/mol.